The highest BCUT2D eigenvalue weighted by Gasteiger charge is 2.21. The lowest BCUT2D eigenvalue weighted by Crippen LogP contribution is -2.11. The molecule has 0 amide bonds. The van der Waals surface area contributed by atoms with Crippen LogP contribution in [0.1, 0.15) is 54.3 Å². The Balaban J connectivity index is 1.11. The number of benzene rings is 5. The Morgan fingerprint density at radius 2 is 1.15 bits per heavy atom. The van der Waals surface area contributed by atoms with Crippen LogP contribution in [0.5, 0.6) is 5.75 Å². The van der Waals surface area contributed by atoms with Crippen LogP contribution < -0.4 is 0 Å². The molecular formula is C54H47N3O2. The Morgan fingerprint density at radius 3 is 1.85 bits per heavy atom. The Labute approximate surface area is 346 Å². The fraction of sp³-hybridized carbons (Fsp3) is 0.167. The van der Waals surface area contributed by atoms with Gasteiger partial charge in [0.15, 0.2) is 0 Å². The molecule has 0 spiro atoms. The van der Waals surface area contributed by atoms with Crippen molar-refractivity contribution in [3.8, 4) is 72.8 Å². The van der Waals surface area contributed by atoms with E-state index in [4.69, 9.17) is 14.4 Å². The Bertz CT molecular complexity index is 3080. The second-order valence-corrected chi connectivity index (χ2v) is 16.8. The number of phenolic OH excluding ortho intramolecular Hbond substituents is 1. The SMILES string of the molecule is Cc1ccc2c(n1)oc1c(-c3ccc(-c4ccccc4-c4cc(O)cc(-c5c(C)c(C)c(C)c(C)c5-c5ccc(-c6cc(C(C)(C)C)ccn6)cc5)c4)cn3)cccc12. The van der Waals surface area contributed by atoms with Crippen molar-refractivity contribution in [3.05, 3.63) is 167 Å². The largest absolute Gasteiger partial charge is 0.508 e. The van der Waals surface area contributed by atoms with E-state index in [0.717, 1.165) is 83.5 Å². The summed E-state index contributed by atoms with van der Waals surface area (Å²) in [5.41, 5.74) is 20.7. The van der Waals surface area contributed by atoms with E-state index in [1.807, 2.05) is 61.8 Å². The number of nitrogens with zero attached hydrogens (tertiary/aromatic N) is 3. The summed E-state index contributed by atoms with van der Waals surface area (Å²) in [6.07, 6.45) is 3.83. The van der Waals surface area contributed by atoms with Gasteiger partial charge in [0.1, 0.15) is 11.3 Å². The molecule has 0 aliphatic heterocycles. The van der Waals surface area contributed by atoms with Gasteiger partial charge >= 0.3 is 0 Å². The zero-order chi connectivity index (χ0) is 41.2. The number of para-hydroxylation sites is 1. The fourth-order valence-electron chi connectivity index (χ4n) is 8.48. The number of aromatic hydroxyl groups is 1. The van der Waals surface area contributed by atoms with Crippen molar-refractivity contribution in [1.82, 2.24) is 15.0 Å². The highest BCUT2D eigenvalue weighted by atomic mass is 16.3. The van der Waals surface area contributed by atoms with E-state index < -0.39 is 0 Å². The van der Waals surface area contributed by atoms with E-state index in [1.165, 1.54) is 33.4 Å². The number of hydrogen-bond donors (Lipinski definition) is 1. The third-order valence-corrected chi connectivity index (χ3v) is 12.1. The topological polar surface area (TPSA) is 72.0 Å². The lowest BCUT2D eigenvalue weighted by molar-refractivity contribution is 0.476. The van der Waals surface area contributed by atoms with Gasteiger partial charge in [-0.25, -0.2) is 4.98 Å². The van der Waals surface area contributed by atoms with E-state index in [2.05, 4.69) is 132 Å². The minimum Gasteiger partial charge on any atom is -0.508 e. The number of phenols is 1. The van der Waals surface area contributed by atoms with Crippen LogP contribution in [0.25, 0.3) is 89.1 Å². The molecule has 0 saturated heterocycles. The van der Waals surface area contributed by atoms with Gasteiger partial charge in [0.25, 0.3) is 0 Å². The minimum atomic E-state index is 0.0346. The molecule has 9 aromatic rings. The van der Waals surface area contributed by atoms with Gasteiger partial charge in [-0.2, -0.15) is 0 Å². The minimum absolute atomic E-state index is 0.0346. The molecule has 0 unspecified atom stereocenters. The first-order chi connectivity index (χ1) is 28.4. The van der Waals surface area contributed by atoms with Gasteiger partial charge < -0.3 is 9.52 Å². The second kappa shape index (κ2) is 14.5. The molecule has 0 aliphatic carbocycles. The number of aryl methyl sites for hydroxylation is 1. The molecule has 0 fully saturated rings. The summed E-state index contributed by atoms with van der Waals surface area (Å²) in [5, 5.41) is 13.5. The smallest absolute Gasteiger partial charge is 0.227 e. The van der Waals surface area contributed by atoms with Gasteiger partial charge in [-0.1, -0.05) is 87.5 Å². The molecule has 5 aromatic carbocycles. The summed E-state index contributed by atoms with van der Waals surface area (Å²) in [7, 11) is 0. The molecule has 0 bridgehead atoms. The summed E-state index contributed by atoms with van der Waals surface area (Å²) in [6, 6.07) is 41.8. The molecule has 59 heavy (non-hydrogen) atoms. The number of aromatic nitrogens is 3. The quantitative estimate of drug-likeness (QED) is 0.182. The molecule has 0 atom stereocenters. The van der Waals surface area contributed by atoms with Crippen LogP contribution in [0.3, 0.4) is 0 Å². The number of fused-ring (bicyclic) bond motifs is 3. The molecule has 4 heterocycles. The molecule has 5 heteroatoms. The number of pyridine rings is 3. The van der Waals surface area contributed by atoms with E-state index in [1.54, 1.807) is 0 Å². The number of furan rings is 1. The third-order valence-electron chi connectivity index (χ3n) is 12.1. The molecule has 0 aliphatic rings. The normalized spacial score (nSPS) is 11.8. The zero-order valence-corrected chi connectivity index (χ0v) is 34.9. The molecule has 9 rings (SSSR count). The molecule has 0 saturated carbocycles. The summed E-state index contributed by atoms with van der Waals surface area (Å²) in [6.45, 7) is 17.5. The van der Waals surface area contributed by atoms with Crippen molar-refractivity contribution < 1.29 is 9.52 Å². The van der Waals surface area contributed by atoms with Gasteiger partial charge in [-0.15, -0.1) is 0 Å². The van der Waals surface area contributed by atoms with Gasteiger partial charge in [0.05, 0.1) is 11.4 Å². The first kappa shape index (κ1) is 37.7. The lowest BCUT2D eigenvalue weighted by atomic mass is 9.81. The first-order valence-electron chi connectivity index (χ1n) is 20.2. The van der Waals surface area contributed by atoms with Crippen molar-refractivity contribution >= 4 is 22.1 Å². The summed E-state index contributed by atoms with van der Waals surface area (Å²) < 4.78 is 6.30. The van der Waals surface area contributed by atoms with Crippen molar-refractivity contribution in [3.63, 3.8) is 0 Å². The average Bonchev–Trinajstić information content (AvgIpc) is 3.61. The second-order valence-electron chi connectivity index (χ2n) is 16.8. The van der Waals surface area contributed by atoms with Crippen LogP contribution in [-0.4, -0.2) is 20.1 Å². The molecule has 4 aromatic heterocycles. The molecule has 1 N–H and O–H groups in total. The lowest BCUT2D eigenvalue weighted by Gasteiger charge is -2.23. The molecule has 5 nitrogen and oxygen atoms in total. The predicted molar refractivity (Wildman–Crippen MR) is 244 cm³/mol. The van der Waals surface area contributed by atoms with Crippen molar-refractivity contribution in [2.45, 2.75) is 60.8 Å². The van der Waals surface area contributed by atoms with Crippen molar-refractivity contribution in [2.75, 3.05) is 0 Å². The highest BCUT2D eigenvalue weighted by molar-refractivity contribution is 6.08. The van der Waals surface area contributed by atoms with Crippen molar-refractivity contribution in [2.24, 2.45) is 0 Å². The van der Waals surface area contributed by atoms with Crippen LogP contribution in [0.2, 0.25) is 0 Å². The first-order valence-corrected chi connectivity index (χ1v) is 20.2. The summed E-state index contributed by atoms with van der Waals surface area (Å²) in [4.78, 5) is 14.3. The van der Waals surface area contributed by atoms with Crippen LogP contribution in [0, 0.1) is 34.6 Å². The predicted octanol–water partition coefficient (Wildman–Crippen LogP) is 14.3. The monoisotopic (exact) mass is 769 g/mol. The zero-order valence-electron chi connectivity index (χ0n) is 34.9. The van der Waals surface area contributed by atoms with Gasteiger partial charge in [0, 0.05) is 45.6 Å². The van der Waals surface area contributed by atoms with Crippen LogP contribution in [0.4, 0.5) is 0 Å². The van der Waals surface area contributed by atoms with E-state index >= 15 is 0 Å². The van der Waals surface area contributed by atoms with Crippen LogP contribution in [0.15, 0.2) is 138 Å². The van der Waals surface area contributed by atoms with E-state index in [9.17, 15) is 5.11 Å². The van der Waals surface area contributed by atoms with Gasteiger partial charge in [-0.05, 0) is 161 Å². The van der Waals surface area contributed by atoms with Crippen LogP contribution >= 0.6 is 0 Å². The fourth-order valence-corrected chi connectivity index (χ4v) is 8.48. The van der Waals surface area contributed by atoms with E-state index in [-0.39, 0.29) is 11.2 Å². The maximum atomic E-state index is 11.4. The Hall–Kier alpha value is -6.85. The van der Waals surface area contributed by atoms with E-state index in [0.29, 0.717) is 5.71 Å². The molecule has 290 valence electrons. The summed E-state index contributed by atoms with van der Waals surface area (Å²) >= 11 is 0. The van der Waals surface area contributed by atoms with Crippen LogP contribution in [-0.2, 0) is 5.41 Å². The standard InChI is InChI=1S/C54H47N3O2/c1-31-16-22-46-45-14-11-15-47(52(45)59-53(46)57-31)48-23-21-38(30-56-48)43-12-9-10-13-44(43)39-26-40(28-42(58)27-39)51-35(5)33(3)32(2)34(4)50(51)37-19-17-36(18-20-37)49-29-41(24-25-55-49)54(6,7)8/h9-30,58H,1-8H3. The van der Waals surface area contributed by atoms with Gasteiger partial charge in [0.2, 0.25) is 5.71 Å². The Morgan fingerprint density at radius 1 is 0.508 bits per heavy atom. The third kappa shape index (κ3) is 6.76. The molecular weight excluding hydrogens is 723 g/mol. The average molecular weight is 770 g/mol. The van der Waals surface area contributed by atoms with Gasteiger partial charge in [-0.3, -0.25) is 9.97 Å². The number of hydrogen-bond acceptors (Lipinski definition) is 5. The Kier molecular flexibility index (Phi) is 9.28. The number of rotatable bonds is 6. The highest BCUT2D eigenvalue weighted by Crippen LogP contribution is 2.45. The maximum absolute atomic E-state index is 11.4. The maximum Gasteiger partial charge on any atom is 0.227 e. The summed E-state index contributed by atoms with van der Waals surface area (Å²) in [5.74, 6) is 0.214. The van der Waals surface area contributed by atoms with Crippen molar-refractivity contribution in [1.29, 1.82) is 0 Å². The molecule has 0 radical (unpaired) electrons.